The number of aliphatic carboxylic acids is 1. The molecule has 2 fully saturated rings. The number of fused-ring (bicyclic) bond motifs is 4. The van der Waals surface area contributed by atoms with Crippen LogP contribution < -0.4 is 5.32 Å². The van der Waals surface area contributed by atoms with Crippen LogP contribution in [0, 0.1) is 10.8 Å². The zero-order chi connectivity index (χ0) is 39.4. The summed E-state index contributed by atoms with van der Waals surface area (Å²) >= 11 is 13.9. The number of halogens is 3. The van der Waals surface area contributed by atoms with Crippen LogP contribution in [0.25, 0.3) is 23.0 Å². The van der Waals surface area contributed by atoms with Gasteiger partial charge in [0.1, 0.15) is 5.83 Å². The minimum Gasteiger partial charge on any atom is -0.481 e. The molecule has 4 heterocycles. The molecular weight excluding hydrogens is 754 g/mol. The largest absolute Gasteiger partial charge is 0.481 e. The van der Waals surface area contributed by atoms with Gasteiger partial charge in [-0.1, -0.05) is 53.5 Å². The maximum absolute atomic E-state index is 15.7. The molecule has 4 aromatic rings. The molecule has 4 aliphatic rings. The van der Waals surface area contributed by atoms with E-state index in [4.69, 9.17) is 28.2 Å². The van der Waals surface area contributed by atoms with Gasteiger partial charge in [-0.25, -0.2) is 9.37 Å². The molecule has 2 aliphatic carbocycles. The molecule has 2 aromatic carbocycles. The highest BCUT2D eigenvalue weighted by Crippen LogP contribution is 2.63. The Morgan fingerprint density at radius 3 is 2.46 bits per heavy atom. The number of aliphatic hydroxyl groups excluding tert-OH is 1. The molecule has 3 N–H and O–H groups in total. The first-order valence-electron chi connectivity index (χ1n) is 19.5. The van der Waals surface area contributed by atoms with Crippen molar-refractivity contribution in [3.8, 4) is 11.1 Å². The number of rotatable bonds is 11. The molecule has 0 spiro atoms. The van der Waals surface area contributed by atoms with E-state index in [-0.39, 0.29) is 17.0 Å². The molecule has 2 bridgehead atoms. The number of aromatic nitrogens is 3. The zero-order valence-electron chi connectivity index (χ0n) is 31.8. The van der Waals surface area contributed by atoms with Crippen molar-refractivity contribution in [3.63, 3.8) is 0 Å². The van der Waals surface area contributed by atoms with Gasteiger partial charge in [0, 0.05) is 69.2 Å². The van der Waals surface area contributed by atoms with Crippen molar-refractivity contribution in [3.05, 3.63) is 98.3 Å². The van der Waals surface area contributed by atoms with E-state index in [0.29, 0.717) is 57.9 Å². The lowest BCUT2D eigenvalue weighted by Crippen LogP contribution is -2.35. The van der Waals surface area contributed by atoms with Crippen LogP contribution in [-0.2, 0) is 37.8 Å². The van der Waals surface area contributed by atoms with Gasteiger partial charge < -0.3 is 20.1 Å². The Labute approximate surface area is 336 Å². The maximum Gasteiger partial charge on any atom is 0.309 e. The Hall–Kier alpha value is -4.13. The van der Waals surface area contributed by atoms with Gasteiger partial charge in [0.15, 0.2) is 5.82 Å². The first kappa shape index (κ1) is 38.7. The third-order valence-corrected chi connectivity index (χ3v) is 13.5. The number of carboxylic acids is 1. The van der Waals surface area contributed by atoms with Crippen molar-refractivity contribution in [2.24, 2.45) is 17.9 Å². The summed E-state index contributed by atoms with van der Waals surface area (Å²) in [4.78, 5) is 39.4. The van der Waals surface area contributed by atoms with Gasteiger partial charge in [-0.05, 0) is 98.7 Å². The van der Waals surface area contributed by atoms with Crippen LogP contribution in [-0.4, -0.2) is 78.7 Å². The van der Waals surface area contributed by atoms with E-state index in [2.05, 4.69) is 20.1 Å². The topological polar surface area (TPSA) is 124 Å². The summed E-state index contributed by atoms with van der Waals surface area (Å²) in [7, 11) is 1.86. The fourth-order valence-electron chi connectivity index (χ4n) is 9.58. The summed E-state index contributed by atoms with van der Waals surface area (Å²) in [5, 5.41) is 23.1. The zero-order valence-corrected chi connectivity index (χ0v) is 33.3. The molecule has 1 amide bonds. The third kappa shape index (κ3) is 7.40. The highest BCUT2D eigenvalue weighted by Gasteiger charge is 2.57. The number of nitrogens with zero attached hydrogens (tertiary/aromatic N) is 5. The molecule has 2 saturated carbocycles. The lowest BCUT2D eigenvalue weighted by molar-refractivity contribution is -0.148. The Bertz CT molecular complexity index is 2230. The van der Waals surface area contributed by atoms with Gasteiger partial charge in [0.05, 0.1) is 38.6 Å². The van der Waals surface area contributed by atoms with E-state index in [1.165, 1.54) is 6.08 Å². The number of amides is 1. The quantitative estimate of drug-likeness (QED) is 0.139. The number of pyridine rings is 1. The number of carbonyl (C=O) groups excluding carboxylic acids is 1. The van der Waals surface area contributed by atoms with E-state index in [9.17, 15) is 19.8 Å². The number of carboxylic acid groups (broad SMARTS) is 1. The lowest BCUT2D eigenvalue weighted by atomic mass is 9.80. The van der Waals surface area contributed by atoms with Gasteiger partial charge in [-0.2, -0.15) is 0 Å². The third-order valence-electron chi connectivity index (χ3n) is 12.7. The molecule has 1 atom stereocenters. The smallest absolute Gasteiger partial charge is 0.309 e. The highest BCUT2D eigenvalue weighted by molar-refractivity contribution is 6.39. The number of aliphatic hydroxyl groups is 1. The number of imidazole rings is 1. The molecule has 56 heavy (non-hydrogen) atoms. The molecular formula is C43H47Cl2FN6O4. The molecule has 294 valence electrons. The summed E-state index contributed by atoms with van der Waals surface area (Å²) in [5.41, 5.74) is 5.85. The molecule has 8 rings (SSSR count). The highest BCUT2D eigenvalue weighted by atomic mass is 35.5. The Morgan fingerprint density at radius 1 is 1.00 bits per heavy atom. The average molecular weight is 802 g/mol. The average Bonchev–Trinajstić information content (AvgIpc) is 3.86. The summed E-state index contributed by atoms with van der Waals surface area (Å²) in [6.45, 7) is 6.18. The van der Waals surface area contributed by atoms with Crippen LogP contribution in [0.1, 0.15) is 89.8 Å². The molecule has 2 aromatic heterocycles. The van der Waals surface area contributed by atoms with Gasteiger partial charge >= 0.3 is 5.97 Å². The molecule has 1 unspecified atom stereocenters. The van der Waals surface area contributed by atoms with E-state index < -0.39 is 23.3 Å². The Morgan fingerprint density at radius 2 is 1.73 bits per heavy atom. The van der Waals surface area contributed by atoms with E-state index >= 15 is 4.39 Å². The second-order valence-corrected chi connectivity index (χ2v) is 17.2. The van der Waals surface area contributed by atoms with Crippen LogP contribution in [0.4, 0.5) is 10.1 Å². The fourth-order valence-corrected chi connectivity index (χ4v) is 10.1. The maximum atomic E-state index is 15.7. The summed E-state index contributed by atoms with van der Waals surface area (Å²) < 4.78 is 17.6. The van der Waals surface area contributed by atoms with E-state index in [1.54, 1.807) is 55.6 Å². The fraction of sp³-hybridized carbons (Fsp3) is 0.442. The number of benzene rings is 2. The van der Waals surface area contributed by atoms with Crippen LogP contribution in [0.2, 0.25) is 10.0 Å². The Balaban J connectivity index is 0.947. The van der Waals surface area contributed by atoms with Gasteiger partial charge in [-0.3, -0.25) is 24.4 Å². The van der Waals surface area contributed by atoms with Crippen molar-refractivity contribution in [2.45, 2.75) is 77.5 Å². The van der Waals surface area contributed by atoms with Crippen LogP contribution in [0.15, 0.2) is 48.7 Å². The number of nitrogens with one attached hydrogen (secondary N) is 1. The summed E-state index contributed by atoms with van der Waals surface area (Å²) in [6, 6.07) is 12.4. The second kappa shape index (κ2) is 15.3. The molecule has 0 radical (unpaired) electrons. The lowest BCUT2D eigenvalue weighted by Gasteiger charge is -2.32. The van der Waals surface area contributed by atoms with Crippen molar-refractivity contribution < 1.29 is 24.2 Å². The van der Waals surface area contributed by atoms with Gasteiger partial charge in [0.25, 0.3) is 5.91 Å². The predicted octanol–water partition coefficient (Wildman–Crippen LogP) is 8.03. The number of hydrogen-bond donors (Lipinski definition) is 3. The normalized spacial score (nSPS) is 22.9. The standard InChI is InChI=1S/C43H47Cl2FN6O4/c1-26(53)22-52-16-9-27-20-34(47-21-29(27)23-52)32(46)19-28-5-3-6-30(37(28)44)31-7-4-8-33(38(31)45)49-40(54)39-48-35-24-51(17-10-36(35)50(39)2)18-15-42-11-13-43(25-42,14-12-42)41(55)56/h3-8,19-21,26,53H,9-18,22-25H2,1-2H3,(H,49,54)(H,55,56). The van der Waals surface area contributed by atoms with Crippen LogP contribution >= 0.6 is 23.2 Å². The number of anilines is 1. The molecule has 2 aliphatic heterocycles. The monoisotopic (exact) mass is 800 g/mol. The molecule has 13 heteroatoms. The second-order valence-electron chi connectivity index (χ2n) is 16.4. The van der Waals surface area contributed by atoms with E-state index in [1.807, 2.05) is 11.6 Å². The summed E-state index contributed by atoms with van der Waals surface area (Å²) in [6.07, 6.45) is 9.51. The minimum atomic E-state index is -0.631. The first-order chi connectivity index (χ1) is 26.8. The van der Waals surface area contributed by atoms with Crippen molar-refractivity contribution in [2.75, 3.05) is 31.5 Å². The first-order valence-corrected chi connectivity index (χ1v) is 20.2. The van der Waals surface area contributed by atoms with Gasteiger partial charge in [0.2, 0.25) is 0 Å². The molecule has 10 nitrogen and oxygen atoms in total. The van der Waals surface area contributed by atoms with Gasteiger partial charge in [-0.15, -0.1) is 0 Å². The van der Waals surface area contributed by atoms with Crippen LogP contribution in [0.3, 0.4) is 0 Å². The molecule has 0 saturated heterocycles. The number of carbonyl (C=O) groups is 2. The van der Waals surface area contributed by atoms with E-state index in [0.717, 1.165) is 93.5 Å². The van der Waals surface area contributed by atoms with Crippen molar-refractivity contribution >= 4 is 52.7 Å². The summed E-state index contributed by atoms with van der Waals surface area (Å²) in [5.74, 6) is -1.23. The van der Waals surface area contributed by atoms with Crippen molar-refractivity contribution in [1.82, 2.24) is 24.3 Å². The SMILES string of the molecule is CC(O)CN1CCc2cc(C(F)=Cc3cccc(-c4cccc(NC(=O)c5nc6c(n5C)CCN(CCC57CCC(C(=O)O)(CC5)C7)C6)c4Cl)c3Cl)ncc2C1. The number of β-amino-alcohol motifs (C(OH)–C–C–N with tert-alkyl or cyclic N) is 1. The predicted molar refractivity (Wildman–Crippen MR) is 216 cm³/mol. The number of hydrogen-bond acceptors (Lipinski definition) is 7. The minimum absolute atomic E-state index is 0.129. The van der Waals surface area contributed by atoms with Crippen LogP contribution in [0.5, 0.6) is 0 Å². The van der Waals surface area contributed by atoms with Crippen molar-refractivity contribution in [1.29, 1.82) is 0 Å². The Kier molecular flexibility index (Phi) is 10.6.